The molecule has 0 unspecified atom stereocenters. The highest BCUT2D eigenvalue weighted by Crippen LogP contribution is 2.31. The van der Waals surface area contributed by atoms with Crippen LogP contribution in [0.1, 0.15) is 32.1 Å². The van der Waals surface area contributed by atoms with Gasteiger partial charge in [0.2, 0.25) is 12.0 Å². The molecular formula is C17H22N2O4S. The fourth-order valence-electron chi connectivity index (χ4n) is 2.82. The van der Waals surface area contributed by atoms with Gasteiger partial charge in [-0.05, 0) is 25.0 Å². The first-order valence-electron chi connectivity index (χ1n) is 8.31. The molecule has 0 bridgehead atoms. The third-order valence-electron chi connectivity index (χ3n) is 4.13. The standard InChI is InChI=1S/C17H22N2O4S/c20-16(11-24-12-6-2-1-3-7-12)18-19-17(21)15-10-22-13-8-4-5-9-14(13)23-15/h4-5,8-9,12,15H,1-3,6-7,10-11H2,(H,18,20)(H,19,21)/t15-/m0/s1. The summed E-state index contributed by atoms with van der Waals surface area (Å²) in [7, 11) is 0. The highest BCUT2D eigenvalue weighted by Gasteiger charge is 2.27. The van der Waals surface area contributed by atoms with Crippen molar-refractivity contribution in [3.05, 3.63) is 24.3 Å². The van der Waals surface area contributed by atoms with E-state index in [-0.39, 0.29) is 12.5 Å². The van der Waals surface area contributed by atoms with Gasteiger partial charge in [-0.15, -0.1) is 11.8 Å². The van der Waals surface area contributed by atoms with Crippen LogP contribution in [0.25, 0.3) is 0 Å². The molecule has 1 aliphatic heterocycles. The lowest BCUT2D eigenvalue weighted by Gasteiger charge is -2.25. The molecule has 2 amide bonds. The molecule has 24 heavy (non-hydrogen) atoms. The molecule has 3 rings (SSSR count). The number of hydrogen-bond donors (Lipinski definition) is 2. The zero-order valence-electron chi connectivity index (χ0n) is 13.5. The molecule has 130 valence electrons. The van der Waals surface area contributed by atoms with Gasteiger partial charge in [-0.3, -0.25) is 20.4 Å². The minimum Gasteiger partial charge on any atom is -0.485 e. The summed E-state index contributed by atoms with van der Waals surface area (Å²) < 4.78 is 11.1. The van der Waals surface area contributed by atoms with Crippen LogP contribution in [0.5, 0.6) is 11.5 Å². The molecule has 1 saturated carbocycles. The fraction of sp³-hybridized carbons (Fsp3) is 0.529. The van der Waals surface area contributed by atoms with Crippen molar-refractivity contribution < 1.29 is 19.1 Å². The number of rotatable bonds is 4. The quantitative estimate of drug-likeness (QED) is 0.813. The fourth-order valence-corrected chi connectivity index (χ4v) is 3.95. The molecule has 1 aliphatic carbocycles. The van der Waals surface area contributed by atoms with Gasteiger partial charge in [0.1, 0.15) is 6.61 Å². The van der Waals surface area contributed by atoms with Gasteiger partial charge in [0.25, 0.3) is 5.91 Å². The van der Waals surface area contributed by atoms with Crippen LogP contribution in [-0.4, -0.2) is 35.5 Å². The number of carbonyl (C=O) groups excluding carboxylic acids is 2. The first-order valence-corrected chi connectivity index (χ1v) is 9.36. The molecule has 1 aromatic carbocycles. The molecule has 0 aromatic heterocycles. The summed E-state index contributed by atoms with van der Waals surface area (Å²) in [5.74, 6) is 0.893. The Labute approximate surface area is 145 Å². The Morgan fingerprint density at radius 3 is 2.62 bits per heavy atom. The van der Waals surface area contributed by atoms with E-state index in [4.69, 9.17) is 9.47 Å². The Morgan fingerprint density at radius 2 is 1.83 bits per heavy atom. The topological polar surface area (TPSA) is 76.7 Å². The Bertz CT molecular complexity index is 590. The van der Waals surface area contributed by atoms with E-state index in [2.05, 4.69) is 10.9 Å². The lowest BCUT2D eigenvalue weighted by molar-refractivity contribution is -0.134. The molecule has 0 radical (unpaired) electrons. The van der Waals surface area contributed by atoms with E-state index in [0.717, 1.165) is 0 Å². The second kappa shape index (κ2) is 8.28. The van der Waals surface area contributed by atoms with Gasteiger partial charge in [-0.25, -0.2) is 0 Å². The van der Waals surface area contributed by atoms with Crippen LogP contribution < -0.4 is 20.3 Å². The molecular weight excluding hydrogens is 328 g/mol. The number of para-hydroxylation sites is 2. The molecule has 2 N–H and O–H groups in total. The first kappa shape index (κ1) is 17.0. The van der Waals surface area contributed by atoms with E-state index < -0.39 is 12.0 Å². The van der Waals surface area contributed by atoms with Crippen molar-refractivity contribution in [3.63, 3.8) is 0 Å². The number of thioether (sulfide) groups is 1. The summed E-state index contributed by atoms with van der Waals surface area (Å²) in [5.41, 5.74) is 4.86. The molecule has 1 atom stereocenters. The summed E-state index contributed by atoms with van der Waals surface area (Å²) in [6.07, 6.45) is 5.37. The molecule has 2 aliphatic rings. The number of nitrogens with one attached hydrogen (secondary N) is 2. The minimum atomic E-state index is -0.772. The SMILES string of the molecule is O=C(CSC1CCCCC1)NNC(=O)[C@@H]1COc2ccccc2O1. The van der Waals surface area contributed by atoms with Crippen molar-refractivity contribution in [2.24, 2.45) is 0 Å². The van der Waals surface area contributed by atoms with E-state index in [9.17, 15) is 9.59 Å². The van der Waals surface area contributed by atoms with E-state index in [1.54, 1.807) is 23.9 Å². The van der Waals surface area contributed by atoms with Crippen molar-refractivity contribution in [1.82, 2.24) is 10.9 Å². The van der Waals surface area contributed by atoms with E-state index >= 15 is 0 Å². The van der Waals surface area contributed by atoms with Crippen LogP contribution in [-0.2, 0) is 9.59 Å². The Kier molecular flexibility index (Phi) is 5.85. The van der Waals surface area contributed by atoms with Crippen molar-refractivity contribution in [1.29, 1.82) is 0 Å². The van der Waals surface area contributed by atoms with Crippen LogP contribution in [0.2, 0.25) is 0 Å². The largest absolute Gasteiger partial charge is 0.485 e. The van der Waals surface area contributed by atoms with Gasteiger partial charge in [0, 0.05) is 5.25 Å². The maximum atomic E-state index is 12.1. The van der Waals surface area contributed by atoms with Crippen LogP contribution in [0.3, 0.4) is 0 Å². The number of benzene rings is 1. The van der Waals surface area contributed by atoms with Crippen LogP contribution >= 0.6 is 11.8 Å². The number of amides is 2. The molecule has 1 aromatic rings. The number of carbonyl (C=O) groups is 2. The molecule has 1 heterocycles. The summed E-state index contributed by atoms with van der Waals surface area (Å²) in [4.78, 5) is 23.9. The molecule has 1 fully saturated rings. The van der Waals surface area contributed by atoms with Gasteiger partial charge < -0.3 is 9.47 Å². The van der Waals surface area contributed by atoms with Crippen molar-refractivity contribution >= 4 is 23.6 Å². The Hall–Kier alpha value is -1.89. The first-order chi connectivity index (χ1) is 11.7. The predicted octanol–water partition coefficient (Wildman–Crippen LogP) is 2.04. The maximum Gasteiger partial charge on any atom is 0.283 e. The highest BCUT2D eigenvalue weighted by atomic mass is 32.2. The molecule has 7 heteroatoms. The average Bonchev–Trinajstić information content (AvgIpc) is 2.65. The third kappa shape index (κ3) is 4.56. The van der Waals surface area contributed by atoms with Gasteiger partial charge in [-0.1, -0.05) is 31.4 Å². The Balaban J connectivity index is 1.38. The van der Waals surface area contributed by atoms with Crippen molar-refractivity contribution in [3.8, 4) is 11.5 Å². The van der Waals surface area contributed by atoms with E-state index in [0.29, 0.717) is 22.5 Å². The van der Waals surface area contributed by atoms with Crippen LogP contribution in [0.15, 0.2) is 24.3 Å². The summed E-state index contributed by atoms with van der Waals surface area (Å²) >= 11 is 1.66. The normalized spacial score (nSPS) is 20.2. The van der Waals surface area contributed by atoms with Gasteiger partial charge in [0.15, 0.2) is 11.5 Å². The number of fused-ring (bicyclic) bond motifs is 1. The molecule has 0 spiro atoms. The van der Waals surface area contributed by atoms with Gasteiger partial charge in [-0.2, -0.15) is 0 Å². The monoisotopic (exact) mass is 350 g/mol. The lowest BCUT2D eigenvalue weighted by Crippen LogP contribution is -2.51. The summed E-state index contributed by atoms with van der Waals surface area (Å²) in [6.45, 7) is 0.121. The minimum absolute atomic E-state index is 0.121. The zero-order valence-corrected chi connectivity index (χ0v) is 14.3. The predicted molar refractivity (Wildman–Crippen MR) is 92.0 cm³/mol. The average molecular weight is 350 g/mol. The highest BCUT2D eigenvalue weighted by molar-refractivity contribution is 8.00. The number of hydrogen-bond acceptors (Lipinski definition) is 5. The second-order valence-electron chi connectivity index (χ2n) is 5.97. The van der Waals surface area contributed by atoms with Crippen molar-refractivity contribution in [2.75, 3.05) is 12.4 Å². The van der Waals surface area contributed by atoms with Gasteiger partial charge >= 0.3 is 0 Å². The van der Waals surface area contributed by atoms with Crippen molar-refractivity contribution in [2.45, 2.75) is 43.5 Å². The second-order valence-corrected chi connectivity index (χ2v) is 7.26. The smallest absolute Gasteiger partial charge is 0.283 e. The molecule has 6 nitrogen and oxygen atoms in total. The van der Waals surface area contributed by atoms with Crippen LogP contribution in [0.4, 0.5) is 0 Å². The maximum absolute atomic E-state index is 12.1. The van der Waals surface area contributed by atoms with Crippen LogP contribution in [0, 0.1) is 0 Å². The summed E-state index contributed by atoms with van der Waals surface area (Å²) in [6, 6.07) is 7.18. The van der Waals surface area contributed by atoms with E-state index in [1.165, 1.54) is 32.1 Å². The zero-order chi connectivity index (χ0) is 16.8. The Morgan fingerprint density at radius 1 is 1.08 bits per heavy atom. The molecule has 0 saturated heterocycles. The summed E-state index contributed by atoms with van der Waals surface area (Å²) in [5, 5.41) is 0.562. The number of ether oxygens (including phenoxy) is 2. The van der Waals surface area contributed by atoms with Gasteiger partial charge in [0.05, 0.1) is 5.75 Å². The third-order valence-corrected chi connectivity index (χ3v) is 5.50. The van der Waals surface area contributed by atoms with E-state index in [1.807, 2.05) is 12.1 Å². The lowest BCUT2D eigenvalue weighted by atomic mass is 10.0. The number of hydrazine groups is 1.